The zero-order chi connectivity index (χ0) is 11.7. The molecular formula is C13H15N3O. The molecule has 2 heterocycles. The maximum absolute atomic E-state index is 9.11. The fraction of sp³-hybridized carbons (Fsp3) is 0.385. The normalized spacial score (nSPS) is 14.6. The van der Waals surface area contributed by atoms with Gasteiger partial charge in [0.2, 0.25) is 0 Å². The fourth-order valence-electron chi connectivity index (χ4n) is 2.36. The molecule has 17 heavy (non-hydrogen) atoms. The number of aliphatic hydroxyl groups excluding tert-OH is 1. The molecule has 2 aromatic rings. The van der Waals surface area contributed by atoms with Gasteiger partial charge in [-0.25, -0.2) is 9.97 Å². The number of fused-ring (bicyclic) bond motifs is 1. The molecule has 3 rings (SSSR count). The lowest BCUT2D eigenvalue weighted by Gasteiger charge is -2.13. The van der Waals surface area contributed by atoms with Crippen molar-refractivity contribution in [3.05, 3.63) is 41.6 Å². The molecule has 1 aliphatic carbocycles. The zero-order valence-electron chi connectivity index (χ0n) is 9.63. The second-order valence-corrected chi connectivity index (χ2v) is 4.36. The van der Waals surface area contributed by atoms with Crippen LogP contribution in [0.3, 0.4) is 0 Å². The Morgan fingerprint density at radius 3 is 3.00 bits per heavy atom. The maximum atomic E-state index is 9.11. The van der Waals surface area contributed by atoms with E-state index in [-0.39, 0.29) is 6.61 Å². The first-order chi connectivity index (χ1) is 8.38. The fourth-order valence-corrected chi connectivity index (χ4v) is 2.36. The highest BCUT2D eigenvalue weighted by atomic mass is 16.3. The van der Waals surface area contributed by atoms with Crippen LogP contribution in [0, 0.1) is 0 Å². The van der Waals surface area contributed by atoms with E-state index in [1.54, 1.807) is 0 Å². The quantitative estimate of drug-likeness (QED) is 0.851. The van der Waals surface area contributed by atoms with Gasteiger partial charge in [0.05, 0.1) is 18.0 Å². The SMILES string of the molecule is OCc1cccc(-n2cnc3c2CCCC3)n1. The summed E-state index contributed by atoms with van der Waals surface area (Å²) in [6.45, 7) is -0.0231. The molecule has 0 aromatic carbocycles. The van der Waals surface area contributed by atoms with E-state index in [4.69, 9.17) is 5.11 Å². The summed E-state index contributed by atoms with van der Waals surface area (Å²) >= 11 is 0. The van der Waals surface area contributed by atoms with Crippen molar-refractivity contribution in [1.82, 2.24) is 14.5 Å². The summed E-state index contributed by atoms with van der Waals surface area (Å²) in [6, 6.07) is 5.70. The average molecular weight is 229 g/mol. The minimum absolute atomic E-state index is 0.0231. The van der Waals surface area contributed by atoms with Gasteiger partial charge in [0, 0.05) is 5.69 Å². The molecule has 1 N–H and O–H groups in total. The van der Waals surface area contributed by atoms with E-state index in [2.05, 4.69) is 9.97 Å². The molecule has 0 amide bonds. The van der Waals surface area contributed by atoms with Gasteiger partial charge in [-0.15, -0.1) is 0 Å². The molecule has 0 saturated heterocycles. The largest absolute Gasteiger partial charge is 0.390 e. The Kier molecular flexibility index (Phi) is 2.65. The average Bonchev–Trinajstić information content (AvgIpc) is 2.82. The van der Waals surface area contributed by atoms with Gasteiger partial charge < -0.3 is 5.11 Å². The van der Waals surface area contributed by atoms with Crippen molar-refractivity contribution in [2.24, 2.45) is 0 Å². The minimum atomic E-state index is -0.0231. The first-order valence-electron chi connectivity index (χ1n) is 6.01. The lowest BCUT2D eigenvalue weighted by atomic mass is 10.0. The number of aliphatic hydroxyl groups is 1. The number of rotatable bonds is 2. The van der Waals surface area contributed by atoms with Crippen LogP contribution in [0.4, 0.5) is 0 Å². The zero-order valence-corrected chi connectivity index (χ0v) is 9.63. The molecule has 0 bridgehead atoms. The molecule has 4 heteroatoms. The van der Waals surface area contributed by atoms with E-state index in [0.29, 0.717) is 5.69 Å². The predicted molar refractivity (Wildman–Crippen MR) is 63.9 cm³/mol. The van der Waals surface area contributed by atoms with E-state index >= 15 is 0 Å². The molecule has 4 nitrogen and oxygen atoms in total. The second-order valence-electron chi connectivity index (χ2n) is 4.36. The highest BCUT2D eigenvalue weighted by Crippen LogP contribution is 2.22. The Hall–Kier alpha value is -1.68. The van der Waals surface area contributed by atoms with Crippen molar-refractivity contribution in [2.45, 2.75) is 32.3 Å². The van der Waals surface area contributed by atoms with Crippen molar-refractivity contribution in [3.8, 4) is 5.82 Å². The van der Waals surface area contributed by atoms with Crippen LogP contribution < -0.4 is 0 Å². The smallest absolute Gasteiger partial charge is 0.138 e. The van der Waals surface area contributed by atoms with Crippen molar-refractivity contribution < 1.29 is 5.11 Å². The van der Waals surface area contributed by atoms with Gasteiger partial charge >= 0.3 is 0 Å². The second kappa shape index (κ2) is 4.30. The van der Waals surface area contributed by atoms with Gasteiger partial charge in [-0.05, 0) is 37.8 Å². The van der Waals surface area contributed by atoms with Crippen LogP contribution in [-0.2, 0) is 19.4 Å². The van der Waals surface area contributed by atoms with Gasteiger partial charge in [0.25, 0.3) is 0 Å². The van der Waals surface area contributed by atoms with Crippen LogP contribution in [0.15, 0.2) is 24.5 Å². The monoisotopic (exact) mass is 229 g/mol. The number of imidazole rings is 1. The number of hydrogen-bond acceptors (Lipinski definition) is 3. The van der Waals surface area contributed by atoms with Crippen molar-refractivity contribution in [1.29, 1.82) is 0 Å². The van der Waals surface area contributed by atoms with Gasteiger partial charge in [-0.2, -0.15) is 0 Å². The van der Waals surface area contributed by atoms with Gasteiger partial charge in [0.1, 0.15) is 12.1 Å². The predicted octanol–water partition coefficient (Wildman–Crippen LogP) is 1.64. The van der Waals surface area contributed by atoms with E-state index < -0.39 is 0 Å². The molecule has 0 aliphatic heterocycles. The van der Waals surface area contributed by atoms with Gasteiger partial charge in [-0.1, -0.05) is 6.07 Å². The third-order valence-electron chi connectivity index (χ3n) is 3.23. The van der Waals surface area contributed by atoms with Crippen LogP contribution in [0.25, 0.3) is 5.82 Å². The van der Waals surface area contributed by atoms with Crippen LogP contribution in [0.2, 0.25) is 0 Å². The van der Waals surface area contributed by atoms with Crippen LogP contribution in [0.1, 0.15) is 29.9 Å². The van der Waals surface area contributed by atoms with E-state index in [0.717, 1.165) is 18.7 Å². The highest BCUT2D eigenvalue weighted by molar-refractivity contribution is 5.31. The number of pyridine rings is 1. The Morgan fingerprint density at radius 2 is 2.12 bits per heavy atom. The molecule has 0 radical (unpaired) electrons. The van der Waals surface area contributed by atoms with Crippen LogP contribution >= 0.6 is 0 Å². The number of aryl methyl sites for hydroxylation is 1. The van der Waals surface area contributed by atoms with Crippen molar-refractivity contribution in [3.63, 3.8) is 0 Å². The highest BCUT2D eigenvalue weighted by Gasteiger charge is 2.16. The number of aromatic nitrogens is 3. The number of hydrogen-bond donors (Lipinski definition) is 1. The molecule has 0 spiro atoms. The van der Waals surface area contributed by atoms with E-state index in [9.17, 15) is 0 Å². The molecular weight excluding hydrogens is 214 g/mol. The molecule has 0 saturated carbocycles. The summed E-state index contributed by atoms with van der Waals surface area (Å²) in [7, 11) is 0. The maximum Gasteiger partial charge on any atom is 0.138 e. The summed E-state index contributed by atoms with van der Waals surface area (Å²) in [5.74, 6) is 0.854. The standard InChI is InChI=1S/C13H15N3O/c17-8-10-4-3-7-13(15-10)16-9-14-11-5-1-2-6-12(11)16/h3-4,7,9,17H,1-2,5-6,8H2. The molecule has 88 valence electrons. The van der Waals surface area contributed by atoms with Crippen LogP contribution in [0.5, 0.6) is 0 Å². The van der Waals surface area contributed by atoms with Crippen LogP contribution in [-0.4, -0.2) is 19.6 Å². The van der Waals surface area contributed by atoms with E-state index in [1.807, 2.05) is 29.1 Å². The first kappa shape index (κ1) is 10.5. The Morgan fingerprint density at radius 1 is 1.24 bits per heavy atom. The summed E-state index contributed by atoms with van der Waals surface area (Å²) in [6.07, 6.45) is 6.44. The topological polar surface area (TPSA) is 50.9 Å². The lowest BCUT2D eigenvalue weighted by molar-refractivity contribution is 0.277. The summed E-state index contributed by atoms with van der Waals surface area (Å²) in [5, 5.41) is 9.11. The van der Waals surface area contributed by atoms with Gasteiger partial charge in [-0.3, -0.25) is 4.57 Å². The summed E-state index contributed by atoms with van der Waals surface area (Å²) < 4.78 is 2.05. The van der Waals surface area contributed by atoms with E-state index in [1.165, 1.54) is 24.2 Å². The molecule has 1 aliphatic rings. The van der Waals surface area contributed by atoms with Gasteiger partial charge in [0.15, 0.2) is 0 Å². The first-order valence-corrected chi connectivity index (χ1v) is 6.01. The Labute approximate surface area is 100.0 Å². The minimum Gasteiger partial charge on any atom is -0.390 e. The molecule has 0 fully saturated rings. The summed E-state index contributed by atoms with van der Waals surface area (Å²) in [5.41, 5.74) is 3.17. The third kappa shape index (κ3) is 1.85. The van der Waals surface area contributed by atoms with Crippen molar-refractivity contribution in [2.75, 3.05) is 0 Å². The number of nitrogens with zero attached hydrogens (tertiary/aromatic N) is 3. The molecule has 0 atom stereocenters. The summed E-state index contributed by atoms with van der Waals surface area (Å²) in [4.78, 5) is 8.86. The molecule has 0 unspecified atom stereocenters. The third-order valence-corrected chi connectivity index (χ3v) is 3.23. The molecule has 2 aromatic heterocycles. The van der Waals surface area contributed by atoms with Crippen molar-refractivity contribution >= 4 is 0 Å². The Balaban J connectivity index is 2.05. The lowest BCUT2D eigenvalue weighted by Crippen LogP contribution is -2.08. The Bertz CT molecular complexity index is 533.